The van der Waals surface area contributed by atoms with E-state index in [0.29, 0.717) is 0 Å². The van der Waals surface area contributed by atoms with Gasteiger partial charge in [0, 0.05) is 8.95 Å². The zero-order valence-corrected chi connectivity index (χ0v) is 13.9. The van der Waals surface area contributed by atoms with Crippen LogP contribution in [0.1, 0.15) is 22.1 Å². The summed E-state index contributed by atoms with van der Waals surface area (Å²) in [6.45, 7) is 2.09. The molecular weight excluding hydrogens is 375 g/mol. The third-order valence-electron chi connectivity index (χ3n) is 2.78. The van der Waals surface area contributed by atoms with Gasteiger partial charge in [0.15, 0.2) is 0 Å². The van der Waals surface area contributed by atoms with Crippen molar-refractivity contribution in [1.29, 1.82) is 0 Å². The maximum absolute atomic E-state index is 6.48. The number of alkyl halides is 1. The van der Waals surface area contributed by atoms with E-state index in [0.717, 1.165) is 20.9 Å². The molecule has 94 valence electrons. The summed E-state index contributed by atoms with van der Waals surface area (Å²) in [5.41, 5.74) is 3.66. The molecule has 0 heterocycles. The summed E-state index contributed by atoms with van der Waals surface area (Å²) in [5.74, 6) is 0. The van der Waals surface area contributed by atoms with Crippen LogP contribution in [0.4, 0.5) is 0 Å². The second-order valence-corrected chi connectivity index (χ2v) is 6.72. The number of hydrogen-bond acceptors (Lipinski definition) is 0. The molecule has 0 bridgehead atoms. The van der Waals surface area contributed by atoms with Crippen molar-refractivity contribution in [3.63, 3.8) is 0 Å². The third-order valence-corrected chi connectivity index (χ3v) is 4.10. The lowest BCUT2D eigenvalue weighted by Crippen LogP contribution is -1.96. The summed E-state index contributed by atoms with van der Waals surface area (Å²) in [5, 5.41) is -0.0125. The molecule has 2 aromatic carbocycles. The Hall–Kier alpha value is -0.310. The van der Waals surface area contributed by atoms with Gasteiger partial charge in [-0.1, -0.05) is 61.7 Å². The Balaban J connectivity index is 2.16. The molecule has 3 heteroatoms. The van der Waals surface area contributed by atoms with Crippen molar-refractivity contribution in [2.75, 3.05) is 0 Å². The molecule has 18 heavy (non-hydrogen) atoms. The van der Waals surface area contributed by atoms with Crippen molar-refractivity contribution in [2.45, 2.75) is 18.7 Å². The smallest absolute Gasteiger partial charge is 0.0626 e. The number of rotatable bonds is 3. The van der Waals surface area contributed by atoms with Crippen molar-refractivity contribution < 1.29 is 0 Å². The molecule has 2 rings (SSSR count). The average molecular weight is 389 g/mol. The standard InChI is InChI=1S/C15H13Br2Cl/c1-10-2-4-11(5-3-10)6-15(18)12-7-13(16)9-14(17)8-12/h2-5,7-9,15H,6H2,1H3. The third kappa shape index (κ3) is 3.84. The van der Waals surface area contributed by atoms with Crippen LogP contribution < -0.4 is 0 Å². The van der Waals surface area contributed by atoms with Gasteiger partial charge in [0.05, 0.1) is 5.38 Å². The number of hydrogen-bond donors (Lipinski definition) is 0. The van der Waals surface area contributed by atoms with Crippen LogP contribution in [-0.2, 0) is 6.42 Å². The highest BCUT2D eigenvalue weighted by Gasteiger charge is 2.10. The Kier molecular flexibility index (Phi) is 4.88. The number of halogens is 3. The maximum atomic E-state index is 6.48. The van der Waals surface area contributed by atoms with E-state index in [1.165, 1.54) is 11.1 Å². The molecule has 0 amide bonds. The van der Waals surface area contributed by atoms with E-state index < -0.39 is 0 Å². The quantitative estimate of drug-likeness (QED) is 0.562. The number of benzene rings is 2. The molecule has 0 spiro atoms. The summed E-state index contributed by atoms with van der Waals surface area (Å²) in [6.07, 6.45) is 0.838. The lowest BCUT2D eigenvalue weighted by atomic mass is 10.0. The predicted octanol–water partition coefficient (Wildman–Crippen LogP) is 6.04. The van der Waals surface area contributed by atoms with E-state index in [1.54, 1.807) is 0 Å². The van der Waals surface area contributed by atoms with Crippen molar-refractivity contribution in [3.05, 3.63) is 68.1 Å². The lowest BCUT2D eigenvalue weighted by molar-refractivity contribution is 0.917. The molecular formula is C15H13Br2Cl. The van der Waals surface area contributed by atoms with Crippen LogP contribution >= 0.6 is 43.5 Å². The second-order valence-electron chi connectivity index (χ2n) is 4.36. The largest absolute Gasteiger partial charge is 0.117 e. The lowest BCUT2D eigenvalue weighted by Gasteiger charge is -2.11. The molecule has 1 unspecified atom stereocenters. The van der Waals surface area contributed by atoms with Crippen molar-refractivity contribution in [1.82, 2.24) is 0 Å². The Bertz CT molecular complexity index is 514. The summed E-state index contributed by atoms with van der Waals surface area (Å²) < 4.78 is 2.09. The van der Waals surface area contributed by atoms with Gasteiger partial charge < -0.3 is 0 Å². The van der Waals surface area contributed by atoms with Crippen LogP contribution in [0.15, 0.2) is 51.4 Å². The molecule has 0 radical (unpaired) electrons. The molecule has 0 saturated heterocycles. The molecule has 0 aliphatic heterocycles. The fourth-order valence-electron chi connectivity index (χ4n) is 1.80. The van der Waals surface area contributed by atoms with Crippen LogP contribution in [0.25, 0.3) is 0 Å². The van der Waals surface area contributed by atoms with Gasteiger partial charge >= 0.3 is 0 Å². The highest BCUT2D eigenvalue weighted by molar-refractivity contribution is 9.11. The van der Waals surface area contributed by atoms with Crippen molar-refractivity contribution in [3.8, 4) is 0 Å². The molecule has 0 fully saturated rings. The molecule has 0 saturated carbocycles. The molecule has 2 aromatic rings. The molecule has 0 N–H and O–H groups in total. The van der Waals surface area contributed by atoms with E-state index in [2.05, 4.69) is 75.2 Å². The molecule has 0 aliphatic carbocycles. The maximum Gasteiger partial charge on any atom is 0.0626 e. The zero-order chi connectivity index (χ0) is 13.1. The second kappa shape index (κ2) is 6.23. The summed E-state index contributed by atoms with van der Waals surface area (Å²) >= 11 is 13.5. The number of aryl methyl sites for hydroxylation is 1. The predicted molar refractivity (Wildman–Crippen MR) is 85.3 cm³/mol. The molecule has 0 nitrogen and oxygen atoms in total. The fourth-order valence-corrected chi connectivity index (χ4v) is 3.44. The van der Waals surface area contributed by atoms with Gasteiger partial charge in [0.2, 0.25) is 0 Å². The van der Waals surface area contributed by atoms with E-state index in [1.807, 2.05) is 6.07 Å². The first-order valence-electron chi connectivity index (χ1n) is 5.70. The molecule has 1 atom stereocenters. The summed E-state index contributed by atoms with van der Waals surface area (Å²) in [4.78, 5) is 0. The normalized spacial score (nSPS) is 12.4. The zero-order valence-electron chi connectivity index (χ0n) is 9.96. The van der Waals surface area contributed by atoms with Gasteiger partial charge in [-0.15, -0.1) is 11.6 Å². The van der Waals surface area contributed by atoms with Crippen LogP contribution in [0.5, 0.6) is 0 Å². The van der Waals surface area contributed by atoms with Gasteiger partial charge in [-0.25, -0.2) is 0 Å². The molecule has 0 aliphatic rings. The van der Waals surface area contributed by atoms with Gasteiger partial charge in [-0.3, -0.25) is 0 Å². The van der Waals surface area contributed by atoms with Gasteiger partial charge in [-0.05, 0) is 42.7 Å². The first-order valence-corrected chi connectivity index (χ1v) is 7.72. The van der Waals surface area contributed by atoms with Crippen LogP contribution in [0.2, 0.25) is 0 Å². The highest BCUT2D eigenvalue weighted by atomic mass is 79.9. The van der Waals surface area contributed by atoms with Crippen LogP contribution in [0, 0.1) is 6.92 Å². The Morgan fingerprint density at radius 3 is 2.11 bits per heavy atom. The van der Waals surface area contributed by atoms with Gasteiger partial charge in [-0.2, -0.15) is 0 Å². The Morgan fingerprint density at radius 1 is 1.00 bits per heavy atom. The van der Waals surface area contributed by atoms with E-state index >= 15 is 0 Å². The Labute approximate surface area is 130 Å². The van der Waals surface area contributed by atoms with Crippen LogP contribution in [-0.4, -0.2) is 0 Å². The topological polar surface area (TPSA) is 0 Å². The first-order chi connectivity index (χ1) is 8.54. The van der Waals surface area contributed by atoms with Crippen molar-refractivity contribution in [2.24, 2.45) is 0 Å². The van der Waals surface area contributed by atoms with Gasteiger partial charge in [0.25, 0.3) is 0 Å². The van der Waals surface area contributed by atoms with E-state index in [4.69, 9.17) is 11.6 Å². The minimum atomic E-state index is -0.0125. The minimum absolute atomic E-state index is 0.0125. The van der Waals surface area contributed by atoms with E-state index in [-0.39, 0.29) is 5.38 Å². The highest BCUT2D eigenvalue weighted by Crippen LogP contribution is 2.30. The van der Waals surface area contributed by atoms with Crippen molar-refractivity contribution >= 4 is 43.5 Å². The first kappa shape index (κ1) is 14.1. The monoisotopic (exact) mass is 386 g/mol. The SMILES string of the molecule is Cc1ccc(CC(Cl)c2cc(Br)cc(Br)c2)cc1. The fraction of sp³-hybridized carbons (Fsp3) is 0.200. The average Bonchev–Trinajstić information content (AvgIpc) is 2.31. The molecule has 0 aromatic heterocycles. The summed E-state index contributed by atoms with van der Waals surface area (Å²) in [6, 6.07) is 14.7. The van der Waals surface area contributed by atoms with E-state index in [9.17, 15) is 0 Å². The Morgan fingerprint density at radius 2 is 1.56 bits per heavy atom. The minimum Gasteiger partial charge on any atom is -0.117 e. The summed E-state index contributed by atoms with van der Waals surface area (Å²) in [7, 11) is 0. The van der Waals surface area contributed by atoms with Gasteiger partial charge in [0.1, 0.15) is 0 Å². The van der Waals surface area contributed by atoms with Crippen LogP contribution in [0.3, 0.4) is 0 Å².